The molecule has 72 valence electrons. The summed E-state index contributed by atoms with van der Waals surface area (Å²) in [6.45, 7) is 2.01. The van der Waals surface area contributed by atoms with Crippen LogP contribution in [0, 0.1) is 0 Å². The van der Waals surface area contributed by atoms with Crippen molar-refractivity contribution < 1.29 is 9.90 Å². The predicted octanol–water partition coefficient (Wildman–Crippen LogP) is 0.627. The predicted molar refractivity (Wildman–Crippen MR) is 52.3 cm³/mol. The van der Waals surface area contributed by atoms with Crippen LogP contribution in [0.1, 0.15) is 19.8 Å². The third-order valence-corrected chi connectivity index (χ3v) is 2.04. The van der Waals surface area contributed by atoms with Gasteiger partial charge in [0, 0.05) is 13.0 Å². The number of hydrogen-bond acceptors (Lipinski definition) is 3. The number of hydrogen-bond donors (Lipinski definition) is 2. The number of aliphatic hydroxyl groups is 1. The Morgan fingerprint density at radius 3 is 2.83 bits per heavy atom. The number of amides is 1. The van der Waals surface area contributed by atoms with Crippen molar-refractivity contribution in [3.63, 3.8) is 0 Å². The molecule has 0 aliphatic heterocycles. The molecule has 0 aromatic heterocycles. The maximum absolute atomic E-state index is 11.0. The van der Waals surface area contributed by atoms with Gasteiger partial charge >= 0.3 is 0 Å². The third-order valence-electron chi connectivity index (χ3n) is 1.35. The Hall–Kier alpha value is -0.220. The fourth-order valence-electron chi connectivity index (χ4n) is 0.727. The Labute approximate surface area is 77.9 Å². The van der Waals surface area contributed by atoms with Gasteiger partial charge in [-0.05, 0) is 25.4 Å². The van der Waals surface area contributed by atoms with Crippen LogP contribution in [0.3, 0.4) is 0 Å². The first-order chi connectivity index (χ1) is 5.66. The minimum atomic E-state index is -0.450. The second kappa shape index (κ2) is 7.43. The quantitative estimate of drug-likeness (QED) is 0.605. The maximum Gasteiger partial charge on any atom is 0.220 e. The van der Waals surface area contributed by atoms with E-state index in [1.807, 2.05) is 6.26 Å². The first kappa shape index (κ1) is 11.8. The van der Waals surface area contributed by atoms with Crippen molar-refractivity contribution in [3.05, 3.63) is 0 Å². The summed E-state index contributed by atoms with van der Waals surface area (Å²) in [5.74, 6) is 1.05. The van der Waals surface area contributed by atoms with E-state index in [9.17, 15) is 4.79 Å². The molecule has 2 N–H and O–H groups in total. The number of nitrogens with one attached hydrogen (secondary N) is 1. The molecule has 0 aromatic carbocycles. The van der Waals surface area contributed by atoms with E-state index in [1.165, 1.54) is 0 Å². The second-order valence-electron chi connectivity index (χ2n) is 2.75. The van der Waals surface area contributed by atoms with Gasteiger partial charge < -0.3 is 10.4 Å². The summed E-state index contributed by atoms with van der Waals surface area (Å²) in [5.41, 5.74) is 0. The molecule has 0 aliphatic rings. The molecular weight excluding hydrogens is 174 g/mol. The summed E-state index contributed by atoms with van der Waals surface area (Å²) in [5, 5.41) is 11.5. The Morgan fingerprint density at radius 1 is 1.67 bits per heavy atom. The van der Waals surface area contributed by atoms with Crippen molar-refractivity contribution in [1.82, 2.24) is 5.32 Å². The lowest BCUT2D eigenvalue weighted by Gasteiger charge is -2.06. The van der Waals surface area contributed by atoms with Crippen molar-refractivity contribution in [2.75, 3.05) is 18.6 Å². The van der Waals surface area contributed by atoms with Crippen molar-refractivity contribution in [2.45, 2.75) is 25.9 Å². The largest absolute Gasteiger partial charge is 0.392 e. The topological polar surface area (TPSA) is 49.3 Å². The van der Waals surface area contributed by atoms with Crippen LogP contribution in [0.25, 0.3) is 0 Å². The zero-order valence-corrected chi connectivity index (χ0v) is 8.49. The van der Waals surface area contributed by atoms with E-state index in [-0.39, 0.29) is 5.91 Å². The number of carbonyl (C=O) groups excluding carboxylic acids is 1. The van der Waals surface area contributed by atoms with E-state index >= 15 is 0 Å². The molecule has 0 radical (unpaired) electrons. The SMILES string of the molecule is CSCCCC(=O)NCC(C)O. The lowest BCUT2D eigenvalue weighted by atomic mass is 10.3. The maximum atomic E-state index is 11.0. The first-order valence-electron chi connectivity index (χ1n) is 4.10. The number of thioether (sulfide) groups is 1. The molecule has 0 rings (SSSR count). The molecule has 0 aliphatic carbocycles. The van der Waals surface area contributed by atoms with Gasteiger partial charge in [0.15, 0.2) is 0 Å². The molecule has 0 heterocycles. The van der Waals surface area contributed by atoms with Crippen LogP contribution in [-0.4, -0.2) is 35.7 Å². The summed E-state index contributed by atoms with van der Waals surface area (Å²) in [7, 11) is 0. The summed E-state index contributed by atoms with van der Waals surface area (Å²) < 4.78 is 0. The third kappa shape index (κ3) is 7.88. The standard InChI is InChI=1S/C8H17NO2S/c1-7(10)6-9-8(11)4-3-5-12-2/h7,10H,3-6H2,1-2H3,(H,9,11). The summed E-state index contributed by atoms with van der Waals surface area (Å²) in [4.78, 5) is 11.0. The van der Waals surface area contributed by atoms with Crippen LogP contribution in [0.5, 0.6) is 0 Å². The zero-order chi connectivity index (χ0) is 9.40. The Morgan fingerprint density at radius 2 is 2.33 bits per heavy atom. The monoisotopic (exact) mass is 191 g/mol. The second-order valence-corrected chi connectivity index (χ2v) is 3.74. The highest BCUT2D eigenvalue weighted by atomic mass is 32.2. The first-order valence-corrected chi connectivity index (χ1v) is 5.50. The molecular formula is C8H17NO2S. The van der Waals surface area contributed by atoms with Crippen LogP contribution in [-0.2, 0) is 4.79 Å². The van der Waals surface area contributed by atoms with Gasteiger partial charge in [-0.1, -0.05) is 0 Å². The molecule has 0 saturated heterocycles. The van der Waals surface area contributed by atoms with Gasteiger partial charge in [0.2, 0.25) is 5.91 Å². The minimum absolute atomic E-state index is 0.0324. The Kier molecular flexibility index (Phi) is 7.29. The van der Waals surface area contributed by atoms with E-state index in [0.29, 0.717) is 13.0 Å². The normalized spacial score (nSPS) is 12.6. The van der Waals surface area contributed by atoms with Crippen LogP contribution in [0.2, 0.25) is 0 Å². The van der Waals surface area contributed by atoms with Gasteiger partial charge in [-0.3, -0.25) is 4.79 Å². The summed E-state index contributed by atoms with van der Waals surface area (Å²) in [6, 6.07) is 0. The zero-order valence-electron chi connectivity index (χ0n) is 7.67. The molecule has 0 fully saturated rings. The molecule has 4 heteroatoms. The van der Waals surface area contributed by atoms with Gasteiger partial charge in [0.1, 0.15) is 0 Å². The highest BCUT2D eigenvalue weighted by Gasteiger charge is 2.01. The molecule has 1 amide bonds. The molecule has 0 saturated carbocycles. The van der Waals surface area contributed by atoms with Crippen LogP contribution in [0.4, 0.5) is 0 Å². The van der Waals surface area contributed by atoms with Crippen molar-refractivity contribution in [3.8, 4) is 0 Å². The molecule has 3 nitrogen and oxygen atoms in total. The fourth-order valence-corrected chi connectivity index (χ4v) is 1.16. The van der Waals surface area contributed by atoms with Crippen molar-refractivity contribution >= 4 is 17.7 Å². The molecule has 1 atom stereocenters. The Bertz CT molecular complexity index is 128. The number of carbonyl (C=O) groups is 1. The van der Waals surface area contributed by atoms with E-state index in [0.717, 1.165) is 12.2 Å². The van der Waals surface area contributed by atoms with Gasteiger partial charge in [-0.15, -0.1) is 0 Å². The van der Waals surface area contributed by atoms with Crippen LogP contribution < -0.4 is 5.32 Å². The molecule has 0 spiro atoms. The molecule has 1 unspecified atom stereocenters. The minimum Gasteiger partial charge on any atom is -0.392 e. The van der Waals surface area contributed by atoms with Crippen molar-refractivity contribution in [1.29, 1.82) is 0 Å². The highest BCUT2D eigenvalue weighted by Crippen LogP contribution is 1.98. The average molecular weight is 191 g/mol. The van der Waals surface area contributed by atoms with Gasteiger partial charge in [0.25, 0.3) is 0 Å². The van der Waals surface area contributed by atoms with Gasteiger partial charge in [-0.2, -0.15) is 11.8 Å². The van der Waals surface area contributed by atoms with E-state index in [2.05, 4.69) is 5.32 Å². The summed E-state index contributed by atoms with van der Waals surface area (Å²) >= 11 is 1.74. The van der Waals surface area contributed by atoms with E-state index < -0.39 is 6.10 Å². The van der Waals surface area contributed by atoms with Crippen molar-refractivity contribution in [2.24, 2.45) is 0 Å². The lowest BCUT2D eigenvalue weighted by molar-refractivity contribution is -0.121. The van der Waals surface area contributed by atoms with E-state index in [4.69, 9.17) is 5.11 Å². The molecule has 0 bridgehead atoms. The van der Waals surface area contributed by atoms with Gasteiger partial charge in [0.05, 0.1) is 6.10 Å². The summed E-state index contributed by atoms with van der Waals surface area (Å²) in [6.07, 6.45) is 3.04. The number of aliphatic hydroxyl groups excluding tert-OH is 1. The van der Waals surface area contributed by atoms with Crippen LogP contribution in [0.15, 0.2) is 0 Å². The number of rotatable bonds is 6. The Balaban J connectivity index is 3.22. The highest BCUT2D eigenvalue weighted by molar-refractivity contribution is 7.98. The molecule has 12 heavy (non-hydrogen) atoms. The fraction of sp³-hybridized carbons (Fsp3) is 0.875. The lowest BCUT2D eigenvalue weighted by Crippen LogP contribution is -2.30. The van der Waals surface area contributed by atoms with Gasteiger partial charge in [-0.25, -0.2) is 0 Å². The average Bonchev–Trinajstić information content (AvgIpc) is 2.01. The molecule has 0 aromatic rings. The van der Waals surface area contributed by atoms with E-state index in [1.54, 1.807) is 18.7 Å². The van der Waals surface area contributed by atoms with Crippen LogP contribution >= 0.6 is 11.8 Å². The smallest absolute Gasteiger partial charge is 0.220 e.